The van der Waals surface area contributed by atoms with Gasteiger partial charge in [-0.05, 0) is 31.6 Å². The molecule has 0 aromatic heterocycles. The molecule has 1 fully saturated rings. The first-order chi connectivity index (χ1) is 7.69. The summed E-state index contributed by atoms with van der Waals surface area (Å²) in [6.07, 6.45) is 3.99. The van der Waals surface area contributed by atoms with Gasteiger partial charge in [0.05, 0.1) is 0 Å². The lowest BCUT2D eigenvalue weighted by Crippen LogP contribution is -2.42. The first-order valence-electron chi connectivity index (χ1n) is 6.10. The smallest absolute Gasteiger partial charge is 0.240 e. The van der Waals surface area contributed by atoms with E-state index in [1.165, 1.54) is 0 Å². The normalized spacial score (nSPS) is 19.8. The Bertz CT molecular complexity index is 215. The maximum absolute atomic E-state index is 11.8. The Morgan fingerprint density at radius 1 is 1.50 bits per heavy atom. The molecule has 1 amide bonds. The van der Waals surface area contributed by atoms with Gasteiger partial charge in [0.1, 0.15) is 5.38 Å². The standard InChI is InChI=1S/C12H22ClNO2/c1-3-11(13)12(15)14-7-4-10(5-8-14)6-9-16-2/h10-11H,3-9H2,1-2H3/t11-/m0/s1. The highest BCUT2D eigenvalue weighted by Crippen LogP contribution is 2.21. The molecule has 0 aromatic rings. The van der Waals surface area contributed by atoms with Crippen molar-refractivity contribution >= 4 is 17.5 Å². The maximum Gasteiger partial charge on any atom is 0.240 e. The number of alkyl halides is 1. The largest absolute Gasteiger partial charge is 0.385 e. The van der Waals surface area contributed by atoms with Gasteiger partial charge in [0, 0.05) is 26.8 Å². The molecule has 94 valence electrons. The summed E-state index contributed by atoms with van der Waals surface area (Å²) in [5.74, 6) is 0.814. The van der Waals surface area contributed by atoms with Gasteiger partial charge in [0.15, 0.2) is 0 Å². The van der Waals surface area contributed by atoms with Gasteiger partial charge in [-0.15, -0.1) is 11.6 Å². The van der Waals surface area contributed by atoms with Crippen LogP contribution in [0.1, 0.15) is 32.6 Å². The Balaban J connectivity index is 2.28. The predicted octanol–water partition coefficient (Wildman–Crippen LogP) is 2.28. The zero-order valence-corrected chi connectivity index (χ0v) is 11.0. The van der Waals surface area contributed by atoms with Crippen molar-refractivity contribution in [2.75, 3.05) is 26.8 Å². The molecule has 1 rings (SSSR count). The van der Waals surface area contributed by atoms with Crippen molar-refractivity contribution in [3.05, 3.63) is 0 Å². The van der Waals surface area contributed by atoms with Crippen LogP contribution in [0.15, 0.2) is 0 Å². The Morgan fingerprint density at radius 3 is 2.62 bits per heavy atom. The summed E-state index contributed by atoms with van der Waals surface area (Å²) in [6, 6.07) is 0. The maximum atomic E-state index is 11.8. The van der Waals surface area contributed by atoms with Crippen molar-refractivity contribution in [2.45, 2.75) is 38.0 Å². The lowest BCUT2D eigenvalue weighted by atomic mass is 9.94. The molecule has 1 saturated heterocycles. The minimum Gasteiger partial charge on any atom is -0.385 e. The molecule has 1 aliphatic heterocycles. The van der Waals surface area contributed by atoms with Crippen LogP contribution in [0.2, 0.25) is 0 Å². The molecule has 1 atom stereocenters. The van der Waals surface area contributed by atoms with Crippen molar-refractivity contribution < 1.29 is 9.53 Å². The Labute approximate surface area is 103 Å². The Kier molecular flexibility index (Phi) is 6.14. The number of piperidine rings is 1. The fourth-order valence-corrected chi connectivity index (χ4v) is 2.24. The molecule has 0 N–H and O–H groups in total. The van der Waals surface area contributed by atoms with Crippen LogP contribution in [0.25, 0.3) is 0 Å². The van der Waals surface area contributed by atoms with Crippen molar-refractivity contribution in [2.24, 2.45) is 5.92 Å². The van der Waals surface area contributed by atoms with E-state index in [1.54, 1.807) is 7.11 Å². The summed E-state index contributed by atoms with van der Waals surface area (Å²) in [4.78, 5) is 13.7. The molecule has 0 spiro atoms. The van der Waals surface area contributed by atoms with Crippen molar-refractivity contribution in [1.82, 2.24) is 4.90 Å². The van der Waals surface area contributed by atoms with Gasteiger partial charge < -0.3 is 9.64 Å². The summed E-state index contributed by atoms with van der Waals surface area (Å²) in [6.45, 7) is 4.49. The first-order valence-corrected chi connectivity index (χ1v) is 6.54. The molecular weight excluding hydrogens is 226 g/mol. The number of halogens is 1. The highest BCUT2D eigenvalue weighted by Gasteiger charge is 2.25. The summed E-state index contributed by atoms with van der Waals surface area (Å²) in [5.41, 5.74) is 0. The molecule has 0 saturated carbocycles. The number of hydrogen-bond donors (Lipinski definition) is 0. The third-order valence-electron chi connectivity index (χ3n) is 3.28. The number of methoxy groups -OCH3 is 1. The number of hydrogen-bond acceptors (Lipinski definition) is 2. The Hall–Kier alpha value is -0.280. The van der Waals surface area contributed by atoms with Crippen molar-refractivity contribution in [1.29, 1.82) is 0 Å². The second-order valence-corrected chi connectivity index (χ2v) is 4.95. The van der Waals surface area contributed by atoms with Gasteiger partial charge in [-0.3, -0.25) is 4.79 Å². The number of carbonyl (C=O) groups is 1. The van der Waals surface area contributed by atoms with Gasteiger partial charge >= 0.3 is 0 Å². The molecule has 3 nitrogen and oxygen atoms in total. The average molecular weight is 248 g/mol. The van der Waals surface area contributed by atoms with E-state index in [9.17, 15) is 4.79 Å². The van der Waals surface area contributed by atoms with Gasteiger partial charge in [0.25, 0.3) is 0 Å². The number of ether oxygens (including phenoxy) is 1. The monoisotopic (exact) mass is 247 g/mol. The highest BCUT2D eigenvalue weighted by molar-refractivity contribution is 6.30. The number of nitrogens with zero attached hydrogens (tertiary/aromatic N) is 1. The molecule has 0 radical (unpaired) electrons. The number of rotatable bonds is 5. The van der Waals surface area contributed by atoms with Crippen LogP contribution in [0.3, 0.4) is 0 Å². The van der Waals surface area contributed by atoms with E-state index in [0.717, 1.165) is 39.0 Å². The van der Waals surface area contributed by atoms with Crippen LogP contribution in [-0.4, -0.2) is 43.0 Å². The van der Waals surface area contributed by atoms with Crippen LogP contribution in [0.4, 0.5) is 0 Å². The van der Waals surface area contributed by atoms with Crippen molar-refractivity contribution in [3.8, 4) is 0 Å². The van der Waals surface area contributed by atoms with E-state index in [-0.39, 0.29) is 11.3 Å². The fourth-order valence-electron chi connectivity index (χ4n) is 2.10. The lowest BCUT2D eigenvalue weighted by molar-refractivity contribution is -0.132. The lowest BCUT2D eigenvalue weighted by Gasteiger charge is -2.33. The minimum absolute atomic E-state index is 0.106. The van der Waals surface area contributed by atoms with Crippen LogP contribution < -0.4 is 0 Å². The molecule has 0 unspecified atom stereocenters. The van der Waals surface area contributed by atoms with E-state index in [4.69, 9.17) is 16.3 Å². The molecule has 4 heteroatoms. The second-order valence-electron chi connectivity index (χ2n) is 4.43. The van der Waals surface area contributed by atoms with E-state index in [1.807, 2.05) is 11.8 Å². The minimum atomic E-state index is -0.337. The summed E-state index contributed by atoms with van der Waals surface area (Å²) in [7, 11) is 1.73. The average Bonchev–Trinajstić information content (AvgIpc) is 2.35. The van der Waals surface area contributed by atoms with Gasteiger partial charge in [-0.1, -0.05) is 6.92 Å². The number of carbonyl (C=O) groups excluding carboxylic acids is 1. The zero-order valence-electron chi connectivity index (χ0n) is 10.2. The zero-order chi connectivity index (χ0) is 12.0. The summed E-state index contributed by atoms with van der Waals surface area (Å²) in [5, 5.41) is -0.337. The molecule has 0 bridgehead atoms. The topological polar surface area (TPSA) is 29.5 Å². The summed E-state index contributed by atoms with van der Waals surface area (Å²) >= 11 is 5.96. The first kappa shape index (κ1) is 13.8. The predicted molar refractivity (Wildman–Crippen MR) is 65.7 cm³/mol. The molecule has 1 heterocycles. The second kappa shape index (κ2) is 7.13. The number of likely N-dealkylation sites (tertiary alicyclic amines) is 1. The van der Waals surface area contributed by atoms with Crippen LogP contribution in [-0.2, 0) is 9.53 Å². The third-order valence-corrected chi connectivity index (χ3v) is 3.78. The van der Waals surface area contributed by atoms with Crippen LogP contribution in [0, 0.1) is 5.92 Å². The van der Waals surface area contributed by atoms with E-state index in [0.29, 0.717) is 12.3 Å². The van der Waals surface area contributed by atoms with Crippen molar-refractivity contribution in [3.63, 3.8) is 0 Å². The van der Waals surface area contributed by atoms with E-state index in [2.05, 4.69) is 0 Å². The van der Waals surface area contributed by atoms with Gasteiger partial charge in [0.2, 0.25) is 5.91 Å². The molecule has 1 aliphatic rings. The quantitative estimate of drug-likeness (QED) is 0.698. The number of amides is 1. The van der Waals surface area contributed by atoms with Gasteiger partial charge in [-0.2, -0.15) is 0 Å². The van der Waals surface area contributed by atoms with Gasteiger partial charge in [-0.25, -0.2) is 0 Å². The summed E-state index contributed by atoms with van der Waals surface area (Å²) < 4.78 is 5.07. The molecule has 0 aromatic carbocycles. The fraction of sp³-hybridized carbons (Fsp3) is 0.917. The van der Waals surface area contributed by atoms with E-state index >= 15 is 0 Å². The highest BCUT2D eigenvalue weighted by atomic mass is 35.5. The molecular formula is C12H22ClNO2. The molecule has 16 heavy (non-hydrogen) atoms. The Morgan fingerprint density at radius 2 is 2.12 bits per heavy atom. The SMILES string of the molecule is CC[C@H](Cl)C(=O)N1CCC(CCOC)CC1. The van der Waals surface area contributed by atoms with Crippen LogP contribution in [0.5, 0.6) is 0 Å². The van der Waals surface area contributed by atoms with E-state index < -0.39 is 0 Å². The van der Waals surface area contributed by atoms with Crippen LogP contribution >= 0.6 is 11.6 Å². The molecule has 0 aliphatic carbocycles. The third kappa shape index (κ3) is 3.95.